The van der Waals surface area contributed by atoms with Crippen LogP contribution in [-0.2, 0) is 0 Å². The number of nitrogens with zero attached hydrogens (tertiary/aromatic N) is 1. The van der Waals surface area contributed by atoms with Gasteiger partial charge in [0, 0.05) is 0 Å². The molecule has 21 heavy (non-hydrogen) atoms. The van der Waals surface area contributed by atoms with E-state index < -0.39 is 11.5 Å². The van der Waals surface area contributed by atoms with Crippen LogP contribution in [0.3, 0.4) is 0 Å². The zero-order chi connectivity index (χ0) is 14.9. The summed E-state index contributed by atoms with van der Waals surface area (Å²) < 4.78 is 5.64. The molecule has 1 N–H and O–H groups in total. The molecule has 1 aromatic carbocycles. The molecule has 2 saturated carbocycles. The van der Waals surface area contributed by atoms with Crippen molar-refractivity contribution >= 4 is 0 Å². The summed E-state index contributed by atoms with van der Waals surface area (Å²) in [7, 11) is 0. The third-order valence-electron chi connectivity index (χ3n) is 5.24. The lowest BCUT2D eigenvalue weighted by molar-refractivity contribution is 0.0232. The number of fused-ring (bicyclic) bond motifs is 2. The van der Waals surface area contributed by atoms with Crippen LogP contribution in [0.1, 0.15) is 50.7 Å². The number of aliphatic hydroxyl groups excluding tert-OH is 1. The zero-order valence-corrected chi connectivity index (χ0v) is 12.6. The quantitative estimate of drug-likeness (QED) is 0.894. The molecule has 3 nitrogen and oxygen atoms in total. The van der Waals surface area contributed by atoms with Gasteiger partial charge in [0.1, 0.15) is 5.75 Å². The standard InChI is InChI=1S/C18H23NO2/c1-2-8-21-16-5-3-4-14(10-16)17(20)18(12-19)11-13-6-7-15(18)9-13/h3-5,10,13,15,17,20H,2,6-9,11H2,1H3. The Morgan fingerprint density at radius 1 is 1.48 bits per heavy atom. The number of hydrogen-bond donors (Lipinski definition) is 1. The molecule has 2 aliphatic carbocycles. The first-order valence-corrected chi connectivity index (χ1v) is 8.01. The van der Waals surface area contributed by atoms with Crippen molar-refractivity contribution in [1.29, 1.82) is 5.26 Å². The summed E-state index contributed by atoms with van der Waals surface area (Å²) in [4.78, 5) is 0. The van der Waals surface area contributed by atoms with E-state index in [2.05, 4.69) is 13.0 Å². The smallest absolute Gasteiger partial charge is 0.119 e. The number of hydrogen-bond acceptors (Lipinski definition) is 3. The van der Waals surface area contributed by atoms with Crippen molar-refractivity contribution in [3.05, 3.63) is 29.8 Å². The molecule has 1 aromatic rings. The molecule has 0 saturated heterocycles. The second-order valence-corrected chi connectivity index (χ2v) is 6.56. The Kier molecular flexibility index (Phi) is 3.91. The van der Waals surface area contributed by atoms with Gasteiger partial charge in [-0.3, -0.25) is 0 Å². The fourth-order valence-electron chi connectivity index (χ4n) is 4.20. The zero-order valence-electron chi connectivity index (χ0n) is 12.6. The summed E-state index contributed by atoms with van der Waals surface area (Å²) in [5.74, 6) is 1.76. The van der Waals surface area contributed by atoms with Crippen molar-refractivity contribution in [3.8, 4) is 11.8 Å². The SMILES string of the molecule is CCCOc1cccc(C(O)C2(C#N)CC3CCC2C3)c1. The minimum absolute atomic E-state index is 0.350. The fraction of sp³-hybridized carbons (Fsp3) is 0.611. The molecule has 3 rings (SSSR count). The molecule has 0 spiro atoms. The van der Waals surface area contributed by atoms with Crippen LogP contribution in [-0.4, -0.2) is 11.7 Å². The van der Waals surface area contributed by atoms with Crippen molar-refractivity contribution in [2.24, 2.45) is 17.3 Å². The van der Waals surface area contributed by atoms with Crippen molar-refractivity contribution in [2.75, 3.05) is 6.61 Å². The van der Waals surface area contributed by atoms with Crippen LogP contribution >= 0.6 is 0 Å². The maximum absolute atomic E-state index is 10.9. The fourth-order valence-corrected chi connectivity index (χ4v) is 4.20. The van der Waals surface area contributed by atoms with Crippen molar-refractivity contribution in [1.82, 2.24) is 0 Å². The van der Waals surface area contributed by atoms with Crippen LogP contribution in [0.5, 0.6) is 5.75 Å². The number of nitriles is 1. The first-order chi connectivity index (χ1) is 10.2. The van der Waals surface area contributed by atoms with Crippen LogP contribution in [0.2, 0.25) is 0 Å². The Bertz CT molecular complexity index is 550. The molecular weight excluding hydrogens is 262 g/mol. The largest absolute Gasteiger partial charge is 0.494 e. The Morgan fingerprint density at radius 3 is 2.95 bits per heavy atom. The minimum Gasteiger partial charge on any atom is -0.494 e. The Balaban J connectivity index is 1.84. The Morgan fingerprint density at radius 2 is 2.33 bits per heavy atom. The lowest BCUT2D eigenvalue weighted by Crippen LogP contribution is -2.33. The number of ether oxygens (including phenoxy) is 1. The predicted molar refractivity (Wildman–Crippen MR) is 80.7 cm³/mol. The van der Waals surface area contributed by atoms with E-state index in [0.29, 0.717) is 18.4 Å². The Hall–Kier alpha value is -1.53. The van der Waals surface area contributed by atoms with Crippen LogP contribution in [0, 0.1) is 28.6 Å². The van der Waals surface area contributed by atoms with Gasteiger partial charge in [0.05, 0.1) is 24.2 Å². The van der Waals surface area contributed by atoms with E-state index in [0.717, 1.165) is 37.0 Å². The first kappa shape index (κ1) is 14.4. The molecule has 2 fully saturated rings. The molecule has 0 aliphatic heterocycles. The summed E-state index contributed by atoms with van der Waals surface area (Å²) in [6.45, 7) is 2.74. The summed E-state index contributed by atoms with van der Waals surface area (Å²) in [6.07, 6.45) is 4.51. The van der Waals surface area contributed by atoms with Gasteiger partial charge in [-0.15, -0.1) is 0 Å². The van der Waals surface area contributed by atoms with Crippen LogP contribution in [0.25, 0.3) is 0 Å². The highest BCUT2D eigenvalue weighted by Gasteiger charge is 2.55. The second-order valence-electron chi connectivity index (χ2n) is 6.56. The molecule has 2 bridgehead atoms. The lowest BCUT2D eigenvalue weighted by atomic mass is 9.68. The van der Waals surface area contributed by atoms with Gasteiger partial charge in [-0.25, -0.2) is 0 Å². The number of rotatable bonds is 5. The van der Waals surface area contributed by atoms with E-state index in [1.807, 2.05) is 24.3 Å². The van der Waals surface area contributed by atoms with Gasteiger partial charge >= 0.3 is 0 Å². The third-order valence-corrected chi connectivity index (χ3v) is 5.24. The van der Waals surface area contributed by atoms with Crippen molar-refractivity contribution in [3.63, 3.8) is 0 Å². The third kappa shape index (κ3) is 2.42. The summed E-state index contributed by atoms with van der Waals surface area (Å²) >= 11 is 0. The van der Waals surface area contributed by atoms with Gasteiger partial charge in [0.25, 0.3) is 0 Å². The number of aliphatic hydroxyl groups is 1. The first-order valence-electron chi connectivity index (χ1n) is 8.01. The highest BCUT2D eigenvalue weighted by molar-refractivity contribution is 5.33. The molecule has 0 aromatic heterocycles. The van der Waals surface area contributed by atoms with E-state index in [4.69, 9.17) is 4.74 Å². The van der Waals surface area contributed by atoms with Crippen LogP contribution in [0.15, 0.2) is 24.3 Å². The maximum Gasteiger partial charge on any atom is 0.119 e. The van der Waals surface area contributed by atoms with E-state index >= 15 is 0 Å². The van der Waals surface area contributed by atoms with Crippen molar-refractivity contribution in [2.45, 2.75) is 45.1 Å². The van der Waals surface area contributed by atoms with Crippen molar-refractivity contribution < 1.29 is 9.84 Å². The van der Waals surface area contributed by atoms with E-state index in [-0.39, 0.29) is 0 Å². The summed E-state index contributed by atoms with van der Waals surface area (Å²) in [5.41, 5.74) is 0.226. The average molecular weight is 285 g/mol. The molecule has 3 heteroatoms. The van der Waals surface area contributed by atoms with Gasteiger partial charge in [-0.05, 0) is 55.2 Å². The molecule has 0 radical (unpaired) electrons. The lowest BCUT2D eigenvalue weighted by Gasteiger charge is -2.35. The highest BCUT2D eigenvalue weighted by Crippen LogP contribution is 2.60. The molecular formula is C18H23NO2. The van der Waals surface area contributed by atoms with E-state index in [9.17, 15) is 10.4 Å². The van der Waals surface area contributed by atoms with Gasteiger partial charge in [-0.1, -0.05) is 25.5 Å². The molecule has 0 heterocycles. The molecule has 112 valence electrons. The van der Waals surface area contributed by atoms with Gasteiger partial charge < -0.3 is 9.84 Å². The molecule has 0 amide bonds. The summed E-state index contributed by atoms with van der Waals surface area (Å²) in [5, 5.41) is 20.6. The van der Waals surface area contributed by atoms with Gasteiger partial charge in [0.2, 0.25) is 0 Å². The topological polar surface area (TPSA) is 53.2 Å². The summed E-state index contributed by atoms with van der Waals surface area (Å²) in [6, 6.07) is 10.1. The predicted octanol–water partition coefficient (Wildman–Crippen LogP) is 3.84. The maximum atomic E-state index is 10.9. The van der Waals surface area contributed by atoms with Crippen LogP contribution < -0.4 is 4.74 Å². The minimum atomic E-state index is -0.706. The van der Waals surface area contributed by atoms with E-state index in [1.165, 1.54) is 6.42 Å². The van der Waals surface area contributed by atoms with Crippen LogP contribution in [0.4, 0.5) is 0 Å². The molecule has 4 unspecified atom stereocenters. The van der Waals surface area contributed by atoms with Gasteiger partial charge in [0.15, 0.2) is 0 Å². The average Bonchev–Trinajstić information content (AvgIpc) is 3.13. The van der Waals surface area contributed by atoms with E-state index in [1.54, 1.807) is 0 Å². The molecule has 2 aliphatic rings. The monoisotopic (exact) mass is 285 g/mol. The number of benzene rings is 1. The van der Waals surface area contributed by atoms with Gasteiger partial charge in [-0.2, -0.15) is 5.26 Å². The second kappa shape index (κ2) is 5.69. The molecule has 4 atom stereocenters. The normalized spacial score (nSPS) is 31.9. The Labute approximate surface area is 126 Å². The highest BCUT2D eigenvalue weighted by atomic mass is 16.5.